The predicted octanol–water partition coefficient (Wildman–Crippen LogP) is 0.833. The van der Waals surface area contributed by atoms with Crippen LogP contribution < -0.4 is 5.32 Å². The number of aliphatic hydroxyl groups is 1. The molecule has 0 unspecified atom stereocenters. The van der Waals surface area contributed by atoms with Crippen LogP contribution in [0.2, 0.25) is 0 Å². The lowest BCUT2D eigenvalue weighted by Gasteiger charge is -2.41. The molecule has 3 heteroatoms. The molecule has 0 saturated carbocycles. The summed E-state index contributed by atoms with van der Waals surface area (Å²) in [4.78, 5) is 2.47. The molecule has 1 fully saturated rings. The van der Waals surface area contributed by atoms with Crippen molar-refractivity contribution in [1.29, 1.82) is 0 Å². The Morgan fingerprint density at radius 3 is 2.50 bits per heavy atom. The van der Waals surface area contributed by atoms with Crippen LogP contribution in [-0.4, -0.2) is 48.3 Å². The first-order chi connectivity index (χ1) is 6.79. The molecule has 3 nitrogen and oxygen atoms in total. The van der Waals surface area contributed by atoms with Crippen LogP contribution in [0, 0.1) is 0 Å². The minimum absolute atomic E-state index is 0.0338. The Bertz CT molecular complexity index is 141. The maximum atomic E-state index is 9.56. The molecule has 1 aliphatic heterocycles. The number of aliphatic hydroxyl groups excluding tert-OH is 1. The molecule has 0 amide bonds. The molecular formula is C11H24N2O. The van der Waals surface area contributed by atoms with E-state index in [0.29, 0.717) is 6.61 Å². The maximum absolute atomic E-state index is 9.56. The highest BCUT2D eigenvalue weighted by Gasteiger charge is 2.32. The van der Waals surface area contributed by atoms with Crippen molar-refractivity contribution >= 4 is 0 Å². The largest absolute Gasteiger partial charge is 0.394 e. The van der Waals surface area contributed by atoms with E-state index in [4.69, 9.17) is 0 Å². The first-order valence-corrected chi connectivity index (χ1v) is 5.85. The Balaban J connectivity index is 2.64. The van der Waals surface area contributed by atoms with Crippen molar-refractivity contribution in [3.8, 4) is 0 Å². The van der Waals surface area contributed by atoms with Gasteiger partial charge in [0, 0.05) is 25.2 Å². The second-order valence-corrected chi connectivity index (χ2v) is 4.18. The molecule has 0 spiro atoms. The number of rotatable bonds is 4. The zero-order chi connectivity index (χ0) is 10.4. The molecule has 0 aromatic heterocycles. The Labute approximate surface area is 87.5 Å². The lowest BCUT2D eigenvalue weighted by atomic mass is 9.91. The third-order valence-electron chi connectivity index (χ3n) is 3.62. The third kappa shape index (κ3) is 2.47. The quantitative estimate of drug-likeness (QED) is 0.705. The molecular weight excluding hydrogens is 176 g/mol. The lowest BCUT2D eigenvalue weighted by Crippen LogP contribution is -2.52. The molecule has 0 atom stereocenters. The summed E-state index contributed by atoms with van der Waals surface area (Å²) in [5, 5.41) is 13.0. The van der Waals surface area contributed by atoms with Gasteiger partial charge >= 0.3 is 0 Å². The summed E-state index contributed by atoms with van der Waals surface area (Å²) < 4.78 is 0. The fourth-order valence-electron chi connectivity index (χ4n) is 2.34. The van der Waals surface area contributed by atoms with E-state index in [0.717, 1.165) is 39.0 Å². The topological polar surface area (TPSA) is 35.5 Å². The molecule has 0 aromatic rings. The summed E-state index contributed by atoms with van der Waals surface area (Å²) in [7, 11) is 0. The second-order valence-electron chi connectivity index (χ2n) is 4.18. The zero-order valence-corrected chi connectivity index (χ0v) is 9.55. The third-order valence-corrected chi connectivity index (χ3v) is 3.62. The van der Waals surface area contributed by atoms with Gasteiger partial charge in [-0.1, -0.05) is 13.8 Å². The van der Waals surface area contributed by atoms with Crippen molar-refractivity contribution in [3.05, 3.63) is 0 Å². The van der Waals surface area contributed by atoms with Gasteiger partial charge < -0.3 is 10.4 Å². The van der Waals surface area contributed by atoms with Crippen LogP contribution in [0.4, 0.5) is 0 Å². The van der Waals surface area contributed by atoms with E-state index in [1.807, 2.05) is 0 Å². The van der Waals surface area contributed by atoms with Gasteiger partial charge in [-0.05, 0) is 25.8 Å². The highest BCUT2D eigenvalue weighted by Crippen LogP contribution is 2.23. The highest BCUT2D eigenvalue weighted by atomic mass is 16.3. The van der Waals surface area contributed by atoms with Crippen LogP contribution in [0.25, 0.3) is 0 Å². The van der Waals surface area contributed by atoms with Crippen LogP contribution in [0.3, 0.4) is 0 Å². The van der Waals surface area contributed by atoms with Crippen LogP contribution in [0.5, 0.6) is 0 Å². The van der Waals surface area contributed by atoms with E-state index in [9.17, 15) is 5.11 Å². The normalized spacial score (nSPS) is 20.8. The first kappa shape index (κ1) is 12.0. The molecule has 1 saturated heterocycles. The molecule has 1 heterocycles. The number of nitrogens with one attached hydrogen (secondary N) is 1. The number of hydrogen-bond acceptors (Lipinski definition) is 3. The van der Waals surface area contributed by atoms with Crippen molar-refractivity contribution in [3.63, 3.8) is 0 Å². The summed E-state index contributed by atoms with van der Waals surface area (Å²) >= 11 is 0. The minimum atomic E-state index is 0.0338. The molecule has 0 aromatic carbocycles. The van der Waals surface area contributed by atoms with Crippen molar-refractivity contribution in [2.24, 2.45) is 0 Å². The fourth-order valence-corrected chi connectivity index (χ4v) is 2.34. The fraction of sp³-hybridized carbons (Fsp3) is 1.00. The van der Waals surface area contributed by atoms with E-state index in [2.05, 4.69) is 24.1 Å². The highest BCUT2D eigenvalue weighted by molar-refractivity contribution is 4.89. The minimum Gasteiger partial charge on any atom is -0.394 e. The van der Waals surface area contributed by atoms with Crippen molar-refractivity contribution in [2.75, 3.05) is 32.8 Å². The summed E-state index contributed by atoms with van der Waals surface area (Å²) in [6, 6.07) is 0. The smallest absolute Gasteiger partial charge is 0.0615 e. The zero-order valence-electron chi connectivity index (χ0n) is 9.55. The summed E-state index contributed by atoms with van der Waals surface area (Å²) in [5.41, 5.74) is 0.0338. The van der Waals surface area contributed by atoms with Gasteiger partial charge in [0.15, 0.2) is 0 Å². The SMILES string of the molecule is CCC(CC)(CO)N1CCCNCC1. The van der Waals surface area contributed by atoms with Crippen molar-refractivity contribution in [2.45, 2.75) is 38.6 Å². The number of hydrogen-bond donors (Lipinski definition) is 2. The van der Waals surface area contributed by atoms with Crippen molar-refractivity contribution in [1.82, 2.24) is 10.2 Å². The molecule has 2 N–H and O–H groups in total. The molecule has 1 aliphatic rings. The maximum Gasteiger partial charge on any atom is 0.0615 e. The summed E-state index contributed by atoms with van der Waals surface area (Å²) in [6.45, 7) is 9.01. The van der Waals surface area contributed by atoms with Crippen LogP contribution in [0.15, 0.2) is 0 Å². The van der Waals surface area contributed by atoms with E-state index >= 15 is 0 Å². The van der Waals surface area contributed by atoms with Gasteiger partial charge in [0.25, 0.3) is 0 Å². The van der Waals surface area contributed by atoms with E-state index in [1.54, 1.807) is 0 Å². The van der Waals surface area contributed by atoms with Crippen LogP contribution in [0.1, 0.15) is 33.1 Å². The van der Waals surface area contributed by atoms with Gasteiger partial charge in [-0.25, -0.2) is 0 Å². The Morgan fingerprint density at radius 1 is 1.21 bits per heavy atom. The molecule has 0 radical (unpaired) electrons. The standard InChI is InChI=1S/C11H24N2O/c1-3-11(4-2,10-14)13-8-5-6-12-7-9-13/h12,14H,3-10H2,1-2H3. The van der Waals surface area contributed by atoms with Gasteiger partial charge in [0.05, 0.1) is 6.61 Å². The van der Waals surface area contributed by atoms with Gasteiger partial charge in [-0.15, -0.1) is 0 Å². The van der Waals surface area contributed by atoms with Gasteiger partial charge in [0.2, 0.25) is 0 Å². The van der Waals surface area contributed by atoms with Crippen molar-refractivity contribution < 1.29 is 5.11 Å². The average Bonchev–Trinajstić information content (AvgIpc) is 2.51. The Kier molecular flexibility index (Phi) is 4.85. The van der Waals surface area contributed by atoms with E-state index in [1.165, 1.54) is 6.42 Å². The van der Waals surface area contributed by atoms with Crippen LogP contribution in [-0.2, 0) is 0 Å². The Morgan fingerprint density at radius 2 is 1.93 bits per heavy atom. The van der Waals surface area contributed by atoms with Gasteiger partial charge in [-0.3, -0.25) is 4.90 Å². The summed E-state index contributed by atoms with van der Waals surface area (Å²) in [5.74, 6) is 0. The monoisotopic (exact) mass is 200 g/mol. The van der Waals surface area contributed by atoms with E-state index < -0.39 is 0 Å². The van der Waals surface area contributed by atoms with Crippen LogP contribution >= 0.6 is 0 Å². The van der Waals surface area contributed by atoms with Gasteiger partial charge in [-0.2, -0.15) is 0 Å². The Hall–Kier alpha value is -0.120. The predicted molar refractivity (Wildman–Crippen MR) is 59.5 cm³/mol. The molecule has 0 bridgehead atoms. The summed E-state index contributed by atoms with van der Waals surface area (Å²) in [6.07, 6.45) is 3.28. The first-order valence-electron chi connectivity index (χ1n) is 5.85. The molecule has 14 heavy (non-hydrogen) atoms. The second kappa shape index (κ2) is 5.69. The molecule has 0 aliphatic carbocycles. The molecule has 1 rings (SSSR count). The van der Waals surface area contributed by atoms with E-state index in [-0.39, 0.29) is 5.54 Å². The number of nitrogens with zero attached hydrogens (tertiary/aromatic N) is 1. The lowest BCUT2D eigenvalue weighted by molar-refractivity contribution is 0.0268. The van der Waals surface area contributed by atoms with Gasteiger partial charge in [0.1, 0.15) is 0 Å². The average molecular weight is 200 g/mol. The molecule has 84 valence electrons.